The second-order valence-corrected chi connectivity index (χ2v) is 6.33. The van der Waals surface area contributed by atoms with Crippen LogP contribution in [0.2, 0.25) is 0 Å². The number of nitrogens with one attached hydrogen (secondary N) is 1. The first-order valence-electron chi connectivity index (χ1n) is 8.54. The number of carbonyl (C=O) groups excluding carboxylic acids is 1. The topological polar surface area (TPSA) is 77.6 Å². The fraction of sp³-hybridized carbons (Fsp3) is 0.333. The Bertz CT molecular complexity index is 909. The second kappa shape index (κ2) is 6.88. The van der Waals surface area contributed by atoms with Crippen LogP contribution in [0.4, 0.5) is 5.82 Å². The monoisotopic (exact) mass is 336 g/mol. The number of aromatic nitrogens is 5. The zero-order valence-corrected chi connectivity index (χ0v) is 13.9. The molecule has 7 nitrogen and oxygen atoms in total. The lowest BCUT2D eigenvalue weighted by Gasteiger charge is -2.19. The minimum atomic E-state index is -0.138. The van der Waals surface area contributed by atoms with Gasteiger partial charge < -0.3 is 5.32 Å². The number of benzene rings is 1. The van der Waals surface area contributed by atoms with E-state index in [0.717, 1.165) is 42.7 Å². The highest BCUT2D eigenvalue weighted by atomic mass is 16.2. The van der Waals surface area contributed by atoms with Gasteiger partial charge in [0.05, 0.1) is 11.7 Å². The number of fused-ring (bicyclic) bond motifs is 1. The summed E-state index contributed by atoms with van der Waals surface area (Å²) in [5.74, 6) is 1.16. The molecule has 1 aliphatic rings. The van der Waals surface area contributed by atoms with Gasteiger partial charge in [0, 0.05) is 12.6 Å². The molecule has 0 spiro atoms. The third-order valence-corrected chi connectivity index (χ3v) is 4.51. The highest BCUT2D eigenvalue weighted by Crippen LogP contribution is 2.21. The first-order valence-corrected chi connectivity index (χ1v) is 8.54. The Balaban J connectivity index is 1.43. The molecule has 1 aromatic carbocycles. The lowest BCUT2D eigenvalue weighted by atomic mass is 9.94. The van der Waals surface area contributed by atoms with E-state index in [0.29, 0.717) is 5.92 Å². The summed E-state index contributed by atoms with van der Waals surface area (Å²) in [6.45, 7) is 0.942. The van der Waals surface area contributed by atoms with E-state index in [2.05, 4.69) is 32.9 Å². The van der Waals surface area contributed by atoms with E-state index < -0.39 is 0 Å². The maximum atomic E-state index is 12.4. The van der Waals surface area contributed by atoms with E-state index in [1.54, 1.807) is 10.9 Å². The van der Waals surface area contributed by atoms with Crippen LogP contribution in [0.25, 0.3) is 11.0 Å². The van der Waals surface area contributed by atoms with Crippen molar-refractivity contribution in [3.63, 3.8) is 0 Å². The zero-order chi connectivity index (χ0) is 17.1. The molecule has 3 aromatic rings. The van der Waals surface area contributed by atoms with Gasteiger partial charge in [0.1, 0.15) is 17.9 Å². The maximum absolute atomic E-state index is 12.4. The van der Waals surface area contributed by atoms with Crippen molar-refractivity contribution in [3.8, 4) is 0 Å². The standard InChI is InChI=1S/C18H20N6O/c25-18(13-23-16-9-5-4-8-15(16)21-22-23)20-17-10-11-19-24(17)12-14-6-2-1-3-7-14/h1-2,4-5,8-11,14H,3,6-7,12-13H2,(H,20,25). The number of hydrogen-bond donors (Lipinski definition) is 1. The van der Waals surface area contributed by atoms with Crippen molar-refractivity contribution >= 4 is 22.8 Å². The zero-order valence-electron chi connectivity index (χ0n) is 13.9. The highest BCUT2D eigenvalue weighted by molar-refractivity contribution is 5.90. The number of carbonyl (C=O) groups is 1. The number of hydrogen-bond acceptors (Lipinski definition) is 4. The summed E-state index contributed by atoms with van der Waals surface area (Å²) in [4.78, 5) is 12.4. The normalized spacial score (nSPS) is 17.0. The molecule has 1 atom stereocenters. The van der Waals surface area contributed by atoms with E-state index in [1.807, 2.05) is 35.0 Å². The Labute approximate surface area is 145 Å². The number of para-hydroxylation sites is 1. The molecule has 1 unspecified atom stereocenters. The first-order chi connectivity index (χ1) is 12.3. The molecule has 0 saturated heterocycles. The Hall–Kier alpha value is -2.96. The summed E-state index contributed by atoms with van der Waals surface area (Å²) in [6.07, 6.45) is 9.52. The van der Waals surface area contributed by atoms with Crippen LogP contribution >= 0.6 is 0 Å². The van der Waals surface area contributed by atoms with Crippen LogP contribution in [0, 0.1) is 5.92 Å². The van der Waals surface area contributed by atoms with E-state index in [1.165, 1.54) is 0 Å². The van der Waals surface area contributed by atoms with Gasteiger partial charge in [0.2, 0.25) is 5.91 Å². The summed E-state index contributed by atoms with van der Waals surface area (Å²) < 4.78 is 3.48. The molecule has 1 amide bonds. The molecule has 0 aliphatic heterocycles. The van der Waals surface area contributed by atoms with Gasteiger partial charge in [-0.15, -0.1) is 5.10 Å². The van der Waals surface area contributed by atoms with Crippen molar-refractivity contribution < 1.29 is 4.79 Å². The van der Waals surface area contributed by atoms with Crippen LogP contribution in [0.1, 0.15) is 19.3 Å². The molecule has 0 saturated carbocycles. The van der Waals surface area contributed by atoms with Crippen molar-refractivity contribution in [2.45, 2.75) is 32.4 Å². The Morgan fingerprint density at radius 1 is 1.20 bits per heavy atom. The fourth-order valence-corrected chi connectivity index (χ4v) is 3.20. The molecule has 4 rings (SSSR count). The first kappa shape index (κ1) is 15.6. The quantitative estimate of drug-likeness (QED) is 0.727. The van der Waals surface area contributed by atoms with Gasteiger partial charge in [0.15, 0.2) is 0 Å². The Morgan fingerprint density at radius 3 is 3.00 bits per heavy atom. The summed E-state index contributed by atoms with van der Waals surface area (Å²) >= 11 is 0. The molecule has 1 N–H and O–H groups in total. The smallest absolute Gasteiger partial charge is 0.247 e. The summed E-state index contributed by atoms with van der Waals surface area (Å²) in [5.41, 5.74) is 1.63. The van der Waals surface area contributed by atoms with Crippen molar-refractivity contribution in [1.29, 1.82) is 0 Å². The summed E-state index contributed by atoms with van der Waals surface area (Å²) in [7, 11) is 0. The van der Waals surface area contributed by atoms with Crippen LogP contribution in [-0.2, 0) is 17.9 Å². The van der Waals surface area contributed by atoms with Gasteiger partial charge in [-0.1, -0.05) is 29.5 Å². The van der Waals surface area contributed by atoms with Crippen LogP contribution in [0.5, 0.6) is 0 Å². The average Bonchev–Trinajstić information content (AvgIpc) is 3.23. The molecule has 0 fully saturated rings. The minimum Gasteiger partial charge on any atom is -0.309 e. The largest absolute Gasteiger partial charge is 0.309 e. The van der Waals surface area contributed by atoms with Crippen LogP contribution < -0.4 is 5.32 Å². The number of allylic oxidation sites excluding steroid dienone is 2. The van der Waals surface area contributed by atoms with Crippen molar-refractivity contribution in [3.05, 3.63) is 48.7 Å². The number of amides is 1. The fourth-order valence-electron chi connectivity index (χ4n) is 3.20. The molecule has 0 bridgehead atoms. The molecule has 2 aromatic heterocycles. The van der Waals surface area contributed by atoms with Gasteiger partial charge in [-0.2, -0.15) is 5.10 Å². The molecule has 7 heteroatoms. The summed E-state index contributed by atoms with van der Waals surface area (Å²) in [5, 5.41) is 15.4. The van der Waals surface area contributed by atoms with Crippen molar-refractivity contribution in [2.75, 3.05) is 5.32 Å². The highest BCUT2D eigenvalue weighted by Gasteiger charge is 2.15. The SMILES string of the molecule is O=C(Cn1nnc2ccccc21)Nc1ccnn1CC1CC=CCC1. The Kier molecular flexibility index (Phi) is 4.28. The average molecular weight is 336 g/mol. The molecular formula is C18H20N6O. The number of nitrogens with zero attached hydrogens (tertiary/aromatic N) is 5. The van der Waals surface area contributed by atoms with Crippen LogP contribution in [0.3, 0.4) is 0 Å². The lowest BCUT2D eigenvalue weighted by Crippen LogP contribution is -2.23. The predicted octanol–water partition coefficient (Wildman–Crippen LogP) is 2.62. The molecule has 0 radical (unpaired) electrons. The molecule has 2 heterocycles. The number of anilines is 1. The maximum Gasteiger partial charge on any atom is 0.247 e. The third-order valence-electron chi connectivity index (χ3n) is 4.51. The van der Waals surface area contributed by atoms with Gasteiger partial charge in [-0.05, 0) is 37.3 Å². The molecule has 25 heavy (non-hydrogen) atoms. The molecule has 1 aliphatic carbocycles. The predicted molar refractivity (Wildman–Crippen MR) is 94.9 cm³/mol. The third kappa shape index (κ3) is 3.45. The van der Waals surface area contributed by atoms with Gasteiger partial charge >= 0.3 is 0 Å². The van der Waals surface area contributed by atoms with E-state index >= 15 is 0 Å². The van der Waals surface area contributed by atoms with E-state index in [-0.39, 0.29) is 12.5 Å². The Morgan fingerprint density at radius 2 is 2.12 bits per heavy atom. The van der Waals surface area contributed by atoms with E-state index in [4.69, 9.17) is 0 Å². The second-order valence-electron chi connectivity index (χ2n) is 6.33. The minimum absolute atomic E-state index is 0.123. The molecular weight excluding hydrogens is 316 g/mol. The summed E-state index contributed by atoms with van der Waals surface area (Å²) in [6, 6.07) is 9.43. The van der Waals surface area contributed by atoms with Gasteiger partial charge in [0.25, 0.3) is 0 Å². The van der Waals surface area contributed by atoms with Gasteiger partial charge in [-0.25, -0.2) is 9.36 Å². The lowest BCUT2D eigenvalue weighted by molar-refractivity contribution is -0.116. The van der Waals surface area contributed by atoms with Crippen molar-refractivity contribution in [1.82, 2.24) is 24.8 Å². The van der Waals surface area contributed by atoms with Gasteiger partial charge in [-0.3, -0.25) is 4.79 Å². The van der Waals surface area contributed by atoms with E-state index in [9.17, 15) is 4.79 Å². The van der Waals surface area contributed by atoms with Crippen LogP contribution in [0.15, 0.2) is 48.7 Å². The molecule has 128 valence electrons. The van der Waals surface area contributed by atoms with Crippen LogP contribution in [-0.4, -0.2) is 30.7 Å². The van der Waals surface area contributed by atoms with Crippen molar-refractivity contribution in [2.24, 2.45) is 5.92 Å². The number of rotatable bonds is 5.